The van der Waals surface area contributed by atoms with E-state index in [1.807, 2.05) is 18.2 Å². The largest absolute Gasteiger partial charge is 0.354 e. The Bertz CT molecular complexity index is 623. The number of benzene rings is 1. The van der Waals surface area contributed by atoms with E-state index in [4.69, 9.17) is 0 Å². The number of amides is 1. The van der Waals surface area contributed by atoms with Crippen LogP contribution >= 0.6 is 0 Å². The summed E-state index contributed by atoms with van der Waals surface area (Å²) in [6.45, 7) is 7.06. The van der Waals surface area contributed by atoms with E-state index in [0.29, 0.717) is 18.9 Å². The lowest BCUT2D eigenvalue weighted by Gasteiger charge is -2.27. The van der Waals surface area contributed by atoms with Crippen molar-refractivity contribution in [1.29, 1.82) is 0 Å². The summed E-state index contributed by atoms with van der Waals surface area (Å²) in [7, 11) is 0. The highest BCUT2D eigenvalue weighted by Crippen LogP contribution is 2.29. The van der Waals surface area contributed by atoms with E-state index < -0.39 is 0 Å². The maximum Gasteiger partial charge on any atom is 0.222 e. The lowest BCUT2D eigenvalue weighted by molar-refractivity contribution is -0.121. The minimum Gasteiger partial charge on any atom is -0.354 e. The first kappa shape index (κ1) is 17.9. The Morgan fingerprint density at radius 3 is 2.38 bits per heavy atom. The average Bonchev–Trinajstić information content (AvgIpc) is 2.55. The van der Waals surface area contributed by atoms with Gasteiger partial charge in [0.15, 0.2) is 0 Å². The van der Waals surface area contributed by atoms with E-state index in [0.717, 1.165) is 12.0 Å². The first-order chi connectivity index (χ1) is 11.4. The number of nitrogens with zero attached hydrogens (tertiary/aromatic N) is 2. The fourth-order valence-corrected chi connectivity index (χ4v) is 2.49. The smallest absolute Gasteiger partial charge is 0.222 e. The van der Waals surface area contributed by atoms with E-state index in [1.54, 1.807) is 18.5 Å². The lowest BCUT2D eigenvalue weighted by atomic mass is 9.85. The molecule has 0 bridgehead atoms. The van der Waals surface area contributed by atoms with Crippen LogP contribution in [0.1, 0.15) is 45.2 Å². The number of anilines is 1. The maximum absolute atomic E-state index is 12.3. The van der Waals surface area contributed by atoms with Gasteiger partial charge in [0.2, 0.25) is 11.9 Å². The molecule has 2 rings (SSSR count). The first-order valence-corrected chi connectivity index (χ1v) is 8.29. The van der Waals surface area contributed by atoms with Gasteiger partial charge in [-0.3, -0.25) is 4.79 Å². The van der Waals surface area contributed by atoms with Crippen LogP contribution in [0.4, 0.5) is 5.95 Å². The van der Waals surface area contributed by atoms with Gasteiger partial charge in [-0.1, -0.05) is 51.1 Å². The van der Waals surface area contributed by atoms with Crippen molar-refractivity contribution < 1.29 is 4.79 Å². The van der Waals surface area contributed by atoms with Crippen LogP contribution in [0.2, 0.25) is 0 Å². The Morgan fingerprint density at radius 2 is 1.75 bits per heavy atom. The molecule has 2 aromatic rings. The molecule has 0 aliphatic rings. The topological polar surface area (TPSA) is 66.9 Å². The molecule has 1 aromatic carbocycles. The second-order valence-corrected chi connectivity index (χ2v) is 7.04. The standard InChI is InChI=1S/C19H26N4O/c1-19(2,3)14-16(15-8-5-4-6-9-15)23-17(24)10-13-22-18-20-11-7-12-21-18/h4-9,11-12,16H,10,13-14H2,1-3H3,(H,23,24)(H,20,21,22). The monoisotopic (exact) mass is 326 g/mol. The Hall–Kier alpha value is -2.43. The Morgan fingerprint density at radius 1 is 1.08 bits per heavy atom. The van der Waals surface area contributed by atoms with Crippen LogP contribution in [0, 0.1) is 5.41 Å². The molecule has 5 heteroatoms. The highest BCUT2D eigenvalue weighted by atomic mass is 16.1. The summed E-state index contributed by atoms with van der Waals surface area (Å²) in [5.74, 6) is 0.566. The highest BCUT2D eigenvalue weighted by Gasteiger charge is 2.21. The van der Waals surface area contributed by atoms with Crippen molar-refractivity contribution >= 4 is 11.9 Å². The van der Waals surface area contributed by atoms with Gasteiger partial charge in [0.25, 0.3) is 0 Å². The van der Waals surface area contributed by atoms with Crippen LogP contribution in [0.25, 0.3) is 0 Å². The van der Waals surface area contributed by atoms with E-state index in [9.17, 15) is 4.79 Å². The van der Waals surface area contributed by atoms with E-state index in [2.05, 4.69) is 53.5 Å². The van der Waals surface area contributed by atoms with Crippen molar-refractivity contribution in [2.75, 3.05) is 11.9 Å². The third kappa shape index (κ3) is 6.36. The van der Waals surface area contributed by atoms with Crippen molar-refractivity contribution in [3.8, 4) is 0 Å². The molecule has 128 valence electrons. The number of carbonyl (C=O) groups excluding carboxylic acids is 1. The van der Waals surface area contributed by atoms with Crippen LogP contribution < -0.4 is 10.6 Å². The van der Waals surface area contributed by atoms with Crippen LogP contribution in [0.15, 0.2) is 48.8 Å². The SMILES string of the molecule is CC(C)(C)CC(NC(=O)CCNc1ncccn1)c1ccccc1. The maximum atomic E-state index is 12.3. The normalized spacial score (nSPS) is 12.5. The minimum absolute atomic E-state index is 0.0201. The van der Waals surface area contributed by atoms with Crippen molar-refractivity contribution in [1.82, 2.24) is 15.3 Å². The summed E-state index contributed by atoms with van der Waals surface area (Å²) in [5.41, 5.74) is 1.27. The first-order valence-electron chi connectivity index (χ1n) is 8.29. The molecule has 0 fully saturated rings. The summed E-state index contributed by atoms with van der Waals surface area (Å²) in [6.07, 6.45) is 4.61. The van der Waals surface area contributed by atoms with Gasteiger partial charge in [-0.2, -0.15) is 0 Å². The molecule has 0 aliphatic heterocycles. The fourth-order valence-electron chi connectivity index (χ4n) is 2.49. The second kappa shape index (κ2) is 8.43. The molecule has 1 atom stereocenters. The molecule has 24 heavy (non-hydrogen) atoms. The molecule has 0 spiro atoms. The molecule has 1 unspecified atom stereocenters. The zero-order chi connectivity index (χ0) is 17.4. The molecular weight excluding hydrogens is 300 g/mol. The third-order valence-corrected chi connectivity index (χ3v) is 3.55. The van der Waals surface area contributed by atoms with Crippen LogP contribution in [-0.2, 0) is 4.79 Å². The number of rotatable bonds is 7. The van der Waals surface area contributed by atoms with Gasteiger partial charge in [0.1, 0.15) is 0 Å². The van der Waals surface area contributed by atoms with Gasteiger partial charge >= 0.3 is 0 Å². The molecule has 5 nitrogen and oxygen atoms in total. The van der Waals surface area contributed by atoms with Crippen molar-refractivity contribution in [2.24, 2.45) is 5.41 Å². The van der Waals surface area contributed by atoms with E-state index >= 15 is 0 Å². The van der Waals surface area contributed by atoms with Crippen molar-refractivity contribution in [3.05, 3.63) is 54.4 Å². The Labute approximate surface area is 143 Å². The summed E-state index contributed by atoms with van der Waals surface area (Å²) >= 11 is 0. The second-order valence-electron chi connectivity index (χ2n) is 7.04. The lowest BCUT2D eigenvalue weighted by Crippen LogP contribution is -2.32. The molecule has 1 aromatic heterocycles. The average molecular weight is 326 g/mol. The summed E-state index contributed by atoms with van der Waals surface area (Å²) in [4.78, 5) is 20.5. The fraction of sp³-hybridized carbons (Fsp3) is 0.421. The Kier molecular flexibility index (Phi) is 6.29. The molecular formula is C19H26N4O. The molecule has 0 aliphatic carbocycles. The number of aromatic nitrogens is 2. The van der Waals surface area contributed by atoms with Gasteiger partial charge in [-0.05, 0) is 23.5 Å². The summed E-state index contributed by atoms with van der Waals surface area (Å²) in [6, 6.07) is 11.9. The Balaban J connectivity index is 1.90. The quantitative estimate of drug-likeness (QED) is 0.816. The van der Waals surface area contributed by atoms with Gasteiger partial charge in [0, 0.05) is 25.4 Å². The summed E-state index contributed by atoms with van der Waals surface area (Å²) < 4.78 is 0. The number of carbonyl (C=O) groups is 1. The zero-order valence-corrected chi connectivity index (χ0v) is 14.6. The van der Waals surface area contributed by atoms with Crippen LogP contribution in [-0.4, -0.2) is 22.4 Å². The van der Waals surface area contributed by atoms with Crippen LogP contribution in [0.3, 0.4) is 0 Å². The van der Waals surface area contributed by atoms with Gasteiger partial charge in [-0.25, -0.2) is 9.97 Å². The molecule has 0 saturated heterocycles. The number of nitrogens with one attached hydrogen (secondary N) is 2. The van der Waals surface area contributed by atoms with Crippen molar-refractivity contribution in [2.45, 2.75) is 39.7 Å². The van der Waals surface area contributed by atoms with Gasteiger partial charge in [-0.15, -0.1) is 0 Å². The summed E-state index contributed by atoms with van der Waals surface area (Å²) in [5, 5.41) is 6.21. The van der Waals surface area contributed by atoms with Crippen LogP contribution in [0.5, 0.6) is 0 Å². The third-order valence-electron chi connectivity index (χ3n) is 3.55. The van der Waals surface area contributed by atoms with Gasteiger partial charge in [0.05, 0.1) is 6.04 Å². The number of hydrogen-bond acceptors (Lipinski definition) is 4. The number of hydrogen-bond donors (Lipinski definition) is 2. The molecule has 1 amide bonds. The molecule has 0 saturated carbocycles. The predicted molar refractivity (Wildman–Crippen MR) is 96.5 cm³/mol. The van der Waals surface area contributed by atoms with Crippen molar-refractivity contribution in [3.63, 3.8) is 0 Å². The molecule has 0 radical (unpaired) electrons. The van der Waals surface area contributed by atoms with Gasteiger partial charge < -0.3 is 10.6 Å². The molecule has 1 heterocycles. The zero-order valence-electron chi connectivity index (χ0n) is 14.6. The minimum atomic E-state index is 0.0201. The molecule has 2 N–H and O–H groups in total. The van der Waals surface area contributed by atoms with E-state index in [1.165, 1.54) is 0 Å². The predicted octanol–water partition coefficient (Wildman–Crippen LogP) is 3.57. The highest BCUT2D eigenvalue weighted by molar-refractivity contribution is 5.76. The van der Waals surface area contributed by atoms with E-state index in [-0.39, 0.29) is 17.4 Å².